The van der Waals surface area contributed by atoms with Crippen LogP contribution in [0.3, 0.4) is 0 Å². The average molecular weight is 338 g/mol. The van der Waals surface area contributed by atoms with Gasteiger partial charge in [-0.1, -0.05) is 30.7 Å². The molecule has 0 aliphatic rings. The van der Waals surface area contributed by atoms with E-state index in [0.29, 0.717) is 6.42 Å². The van der Waals surface area contributed by atoms with Crippen molar-refractivity contribution in [1.82, 2.24) is 5.32 Å². The molecule has 2 rings (SSSR count). The number of hydrogen-bond donors (Lipinski definition) is 2. The van der Waals surface area contributed by atoms with Gasteiger partial charge in [-0.25, -0.2) is 0 Å². The molecule has 0 aliphatic heterocycles. The van der Waals surface area contributed by atoms with Crippen molar-refractivity contribution in [1.29, 1.82) is 0 Å². The third-order valence-electron chi connectivity index (χ3n) is 3.45. The van der Waals surface area contributed by atoms with Crippen molar-refractivity contribution in [2.45, 2.75) is 25.9 Å². The molecule has 118 valence electrons. The zero-order chi connectivity index (χ0) is 15.9. The smallest absolute Gasteiger partial charge is 0.220 e. The third-order valence-corrected chi connectivity index (χ3v) is 4.41. The second-order valence-corrected chi connectivity index (χ2v) is 6.73. The van der Waals surface area contributed by atoms with E-state index in [0.717, 1.165) is 17.0 Å². The molecule has 1 aromatic heterocycles. The van der Waals surface area contributed by atoms with Crippen LogP contribution in [0, 0.1) is 5.92 Å². The van der Waals surface area contributed by atoms with Crippen molar-refractivity contribution in [3.8, 4) is 0 Å². The van der Waals surface area contributed by atoms with Crippen LogP contribution in [0.1, 0.15) is 30.6 Å². The van der Waals surface area contributed by atoms with Gasteiger partial charge in [-0.05, 0) is 52.4 Å². The maximum atomic E-state index is 11.9. The Labute approximate surface area is 139 Å². The summed E-state index contributed by atoms with van der Waals surface area (Å²) in [6.07, 6.45) is 0.637. The topological polar surface area (TPSA) is 49.3 Å². The molecule has 2 aromatic rings. The lowest BCUT2D eigenvalue weighted by molar-refractivity contribution is -0.122. The van der Waals surface area contributed by atoms with Gasteiger partial charge in [-0.3, -0.25) is 4.79 Å². The maximum absolute atomic E-state index is 11.9. The maximum Gasteiger partial charge on any atom is 0.220 e. The first-order valence-corrected chi connectivity index (χ1v) is 8.58. The van der Waals surface area contributed by atoms with Crippen LogP contribution in [0.15, 0.2) is 41.1 Å². The molecule has 0 saturated carbocycles. The van der Waals surface area contributed by atoms with Crippen LogP contribution < -0.4 is 5.32 Å². The number of aliphatic hydroxyl groups is 1. The van der Waals surface area contributed by atoms with Gasteiger partial charge in [0.2, 0.25) is 5.91 Å². The number of thiophene rings is 1. The van der Waals surface area contributed by atoms with Gasteiger partial charge in [0, 0.05) is 18.0 Å². The molecule has 0 saturated heterocycles. The highest BCUT2D eigenvalue weighted by atomic mass is 35.5. The molecule has 5 heteroatoms. The van der Waals surface area contributed by atoms with Crippen molar-refractivity contribution in [3.63, 3.8) is 0 Å². The number of aliphatic hydroxyl groups excluding tert-OH is 1. The van der Waals surface area contributed by atoms with Crippen molar-refractivity contribution >= 4 is 28.8 Å². The lowest BCUT2D eigenvalue weighted by atomic mass is 9.98. The zero-order valence-corrected chi connectivity index (χ0v) is 14.0. The molecular weight excluding hydrogens is 318 g/mol. The van der Waals surface area contributed by atoms with Gasteiger partial charge in [0.1, 0.15) is 0 Å². The van der Waals surface area contributed by atoms with Gasteiger partial charge in [0.25, 0.3) is 0 Å². The number of nitrogens with one attached hydrogen (secondary N) is 1. The van der Waals surface area contributed by atoms with Crippen LogP contribution in [-0.2, 0) is 11.2 Å². The van der Waals surface area contributed by atoms with E-state index in [1.165, 1.54) is 16.9 Å². The molecular formula is C17H20ClNO2S. The van der Waals surface area contributed by atoms with E-state index in [4.69, 9.17) is 11.6 Å². The quantitative estimate of drug-likeness (QED) is 0.807. The van der Waals surface area contributed by atoms with Gasteiger partial charge in [-0.15, -0.1) is 0 Å². The first-order chi connectivity index (χ1) is 10.5. The molecule has 2 unspecified atom stereocenters. The molecule has 3 nitrogen and oxygen atoms in total. The van der Waals surface area contributed by atoms with Crippen LogP contribution in [0.2, 0.25) is 5.02 Å². The minimum atomic E-state index is -0.637. The Morgan fingerprint density at radius 1 is 1.32 bits per heavy atom. The van der Waals surface area contributed by atoms with Crippen LogP contribution in [-0.4, -0.2) is 17.6 Å². The molecule has 22 heavy (non-hydrogen) atoms. The number of halogens is 1. The van der Waals surface area contributed by atoms with Gasteiger partial charge in [-0.2, -0.15) is 11.3 Å². The predicted molar refractivity (Wildman–Crippen MR) is 91.2 cm³/mol. The Morgan fingerprint density at radius 3 is 2.68 bits per heavy atom. The SMILES string of the molecule is CC(CC(=O)NCC(O)c1ccsc1)Cc1ccc(Cl)cc1. The number of benzene rings is 1. The van der Waals surface area contributed by atoms with E-state index < -0.39 is 6.10 Å². The van der Waals surface area contributed by atoms with Crippen molar-refractivity contribution in [2.75, 3.05) is 6.54 Å². The summed E-state index contributed by atoms with van der Waals surface area (Å²) in [5, 5.41) is 17.2. The monoisotopic (exact) mass is 337 g/mol. The Hall–Kier alpha value is -1.36. The van der Waals surface area contributed by atoms with Gasteiger partial charge in [0.05, 0.1) is 6.10 Å². The summed E-state index contributed by atoms with van der Waals surface area (Å²) in [6, 6.07) is 9.56. The summed E-state index contributed by atoms with van der Waals surface area (Å²) < 4.78 is 0. The van der Waals surface area contributed by atoms with Gasteiger partial charge >= 0.3 is 0 Å². The normalized spacial score (nSPS) is 13.6. The third kappa shape index (κ3) is 5.44. The fraction of sp³-hybridized carbons (Fsp3) is 0.353. The number of hydrogen-bond acceptors (Lipinski definition) is 3. The first kappa shape index (κ1) is 17.0. The molecule has 0 aliphatic carbocycles. The Bertz CT molecular complexity index is 583. The Morgan fingerprint density at radius 2 is 2.05 bits per heavy atom. The highest BCUT2D eigenvalue weighted by molar-refractivity contribution is 7.07. The fourth-order valence-electron chi connectivity index (χ4n) is 2.28. The molecule has 0 radical (unpaired) electrons. The minimum Gasteiger partial charge on any atom is -0.387 e. The molecule has 1 amide bonds. The lowest BCUT2D eigenvalue weighted by Crippen LogP contribution is -2.29. The lowest BCUT2D eigenvalue weighted by Gasteiger charge is -2.14. The summed E-state index contributed by atoms with van der Waals surface area (Å²) in [5.41, 5.74) is 2.02. The van der Waals surface area contributed by atoms with E-state index in [9.17, 15) is 9.90 Å². The van der Waals surface area contributed by atoms with E-state index in [1.54, 1.807) is 0 Å². The summed E-state index contributed by atoms with van der Waals surface area (Å²) in [6.45, 7) is 2.30. The summed E-state index contributed by atoms with van der Waals surface area (Å²) in [5.74, 6) is 0.204. The molecule has 0 spiro atoms. The van der Waals surface area contributed by atoms with Crippen molar-refractivity contribution in [3.05, 3.63) is 57.2 Å². The van der Waals surface area contributed by atoms with E-state index in [-0.39, 0.29) is 18.4 Å². The van der Waals surface area contributed by atoms with Crippen LogP contribution in [0.4, 0.5) is 0 Å². The first-order valence-electron chi connectivity index (χ1n) is 7.26. The van der Waals surface area contributed by atoms with Crippen molar-refractivity contribution in [2.24, 2.45) is 5.92 Å². The number of carbonyl (C=O) groups excluding carboxylic acids is 1. The molecule has 0 bridgehead atoms. The predicted octanol–water partition coefficient (Wildman–Crippen LogP) is 3.82. The Balaban J connectivity index is 1.73. The largest absolute Gasteiger partial charge is 0.387 e. The van der Waals surface area contributed by atoms with Crippen molar-refractivity contribution < 1.29 is 9.90 Å². The molecule has 1 aromatic carbocycles. The summed E-state index contributed by atoms with van der Waals surface area (Å²) >= 11 is 7.39. The van der Waals surface area contributed by atoms with Crippen LogP contribution in [0.25, 0.3) is 0 Å². The Kier molecular flexibility index (Phi) is 6.43. The standard InChI is InChI=1S/C17H20ClNO2S/c1-12(8-13-2-4-15(18)5-3-13)9-17(21)19-10-16(20)14-6-7-22-11-14/h2-7,11-12,16,20H,8-10H2,1H3,(H,19,21). The van der Waals surface area contributed by atoms with E-state index in [1.807, 2.05) is 48.0 Å². The van der Waals surface area contributed by atoms with E-state index >= 15 is 0 Å². The van der Waals surface area contributed by atoms with Crippen LogP contribution in [0.5, 0.6) is 0 Å². The highest BCUT2D eigenvalue weighted by Crippen LogP contribution is 2.17. The second-order valence-electron chi connectivity index (χ2n) is 5.52. The zero-order valence-electron chi connectivity index (χ0n) is 12.5. The number of carbonyl (C=O) groups is 1. The average Bonchev–Trinajstić information content (AvgIpc) is 3.01. The summed E-state index contributed by atoms with van der Waals surface area (Å²) in [4.78, 5) is 11.9. The highest BCUT2D eigenvalue weighted by Gasteiger charge is 2.13. The molecule has 2 atom stereocenters. The van der Waals surface area contributed by atoms with E-state index in [2.05, 4.69) is 5.32 Å². The molecule has 2 N–H and O–H groups in total. The number of amides is 1. The second kappa shape index (κ2) is 8.32. The van der Waals surface area contributed by atoms with Gasteiger partial charge in [0.15, 0.2) is 0 Å². The van der Waals surface area contributed by atoms with Gasteiger partial charge < -0.3 is 10.4 Å². The fourth-order valence-corrected chi connectivity index (χ4v) is 3.11. The minimum absolute atomic E-state index is 0.0317. The van der Waals surface area contributed by atoms with Crippen LogP contribution >= 0.6 is 22.9 Å². The summed E-state index contributed by atoms with van der Waals surface area (Å²) in [7, 11) is 0. The molecule has 0 fully saturated rings. The number of rotatable bonds is 7. The molecule has 1 heterocycles.